The van der Waals surface area contributed by atoms with E-state index >= 15 is 0 Å². The number of ether oxygens (including phenoxy) is 1. The maximum atomic E-state index is 10.5. The third-order valence-electron chi connectivity index (χ3n) is 6.47. The van der Waals surface area contributed by atoms with Crippen LogP contribution < -0.4 is 15.0 Å². The molecule has 0 saturated carbocycles. The zero-order valence-electron chi connectivity index (χ0n) is 16.1. The summed E-state index contributed by atoms with van der Waals surface area (Å²) in [6, 6.07) is 17.5. The van der Waals surface area contributed by atoms with Crippen molar-refractivity contribution in [1.82, 2.24) is 10.3 Å². The van der Waals surface area contributed by atoms with Crippen LogP contribution in [-0.2, 0) is 0 Å². The van der Waals surface area contributed by atoms with E-state index in [0.717, 1.165) is 41.1 Å². The maximum Gasteiger partial charge on any atom is 0.192 e. The molecule has 2 unspecified atom stereocenters. The van der Waals surface area contributed by atoms with Gasteiger partial charge in [-0.25, -0.2) is 0 Å². The molecule has 3 aliphatic heterocycles. The van der Waals surface area contributed by atoms with Crippen LogP contribution in [0.15, 0.2) is 60.9 Å². The van der Waals surface area contributed by atoms with Crippen molar-refractivity contribution in [3.63, 3.8) is 0 Å². The highest BCUT2D eigenvalue weighted by atomic mass is 16.5. The van der Waals surface area contributed by atoms with Crippen molar-refractivity contribution < 1.29 is 9.84 Å². The summed E-state index contributed by atoms with van der Waals surface area (Å²) >= 11 is 0. The average molecular weight is 385 g/mol. The normalized spacial score (nSPS) is 24.6. The molecule has 2 atom stereocenters. The molecule has 2 fully saturated rings. The lowest BCUT2D eigenvalue weighted by Crippen LogP contribution is -2.47. The zero-order chi connectivity index (χ0) is 19.4. The van der Waals surface area contributed by atoms with E-state index in [0.29, 0.717) is 23.9 Å². The molecule has 2 N–H and O–H groups in total. The monoisotopic (exact) mass is 385 g/mol. The van der Waals surface area contributed by atoms with Gasteiger partial charge in [0.2, 0.25) is 0 Å². The first-order chi connectivity index (χ1) is 14.3. The summed E-state index contributed by atoms with van der Waals surface area (Å²) in [5.41, 5.74) is 4.13. The lowest BCUT2D eigenvalue weighted by Gasteiger charge is -2.42. The molecular weight excluding hydrogens is 362 g/mol. The van der Waals surface area contributed by atoms with Crippen LogP contribution in [0.25, 0.3) is 11.1 Å². The lowest BCUT2D eigenvalue weighted by molar-refractivity contribution is 0.350. The molecule has 0 radical (unpaired) electrons. The Balaban J connectivity index is 1.47. The molecule has 2 aromatic carbocycles. The van der Waals surface area contributed by atoms with Gasteiger partial charge in [0.15, 0.2) is 17.2 Å². The standard InChI is InChI=1S/C24H23N3O2/c28-22-5-1-4-21-24(22)29-23-11-15(16-3-2-10-25-14-16)6-9-20(23)27(21)19-12-17-7-8-18(13-19)26-17/h1-6,9-11,14,17-19,26,28H,7-8,12-13H2. The predicted octanol–water partition coefficient (Wildman–Crippen LogP) is 4.98. The van der Waals surface area contributed by atoms with E-state index in [1.165, 1.54) is 12.8 Å². The van der Waals surface area contributed by atoms with Gasteiger partial charge in [-0.1, -0.05) is 18.2 Å². The van der Waals surface area contributed by atoms with Gasteiger partial charge in [0.1, 0.15) is 0 Å². The number of phenols is 1. The Kier molecular flexibility index (Phi) is 3.78. The van der Waals surface area contributed by atoms with Gasteiger partial charge in [0, 0.05) is 36.1 Å². The van der Waals surface area contributed by atoms with Gasteiger partial charge in [0.05, 0.1) is 11.4 Å². The number of piperidine rings is 1. The number of aromatic nitrogens is 1. The molecule has 5 heteroatoms. The molecule has 2 bridgehead atoms. The summed E-state index contributed by atoms with van der Waals surface area (Å²) in [5, 5.41) is 14.3. The Hall–Kier alpha value is -3.05. The van der Waals surface area contributed by atoms with E-state index < -0.39 is 0 Å². The SMILES string of the molecule is Oc1cccc2c1Oc1cc(-c3cccnc3)ccc1N2C1CC2CCC(C1)N2. The quantitative estimate of drug-likeness (QED) is 0.651. The third-order valence-corrected chi connectivity index (χ3v) is 6.47. The highest BCUT2D eigenvalue weighted by molar-refractivity contribution is 5.83. The van der Waals surface area contributed by atoms with E-state index in [-0.39, 0.29) is 5.75 Å². The Bertz CT molecular complexity index is 1060. The number of aromatic hydroxyl groups is 1. The number of nitrogens with one attached hydrogen (secondary N) is 1. The van der Waals surface area contributed by atoms with Gasteiger partial charge < -0.3 is 20.1 Å². The zero-order valence-corrected chi connectivity index (χ0v) is 16.1. The number of para-hydroxylation sites is 1. The van der Waals surface area contributed by atoms with Gasteiger partial charge >= 0.3 is 0 Å². The molecule has 6 rings (SSSR count). The van der Waals surface area contributed by atoms with Crippen LogP contribution in [0.1, 0.15) is 25.7 Å². The molecule has 0 aliphatic carbocycles. The molecular formula is C24H23N3O2. The second kappa shape index (κ2) is 6.49. The summed E-state index contributed by atoms with van der Waals surface area (Å²) < 4.78 is 6.23. The van der Waals surface area contributed by atoms with Crippen LogP contribution in [0, 0.1) is 0 Å². The van der Waals surface area contributed by atoms with E-state index in [4.69, 9.17) is 4.74 Å². The predicted molar refractivity (Wildman–Crippen MR) is 113 cm³/mol. The first kappa shape index (κ1) is 16.9. The van der Waals surface area contributed by atoms with Crippen LogP contribution in [0.3, 0.4) is 0 Å². The van der Waals surface area contributed by atoms with E-state index in [1.807, 2.05) is 24.4 Å². The topological polar surface area (TPSA) is 57.6 Å². The second-order valence-electron chi connectivity index (χ2n) is 8.28. The van der Waals surface area contributed by atoms with Crippen molar-refractivity contribution in [3.05, 3.63) is 60.9 Å². The van der Waals surface area contributed by atoms with Crippen LogP contribution >= 0.6 is 0 Å². The summed E-state index contributed by atoms with van der Waals surface area (Å²) in [5.74, 6) is 1.52. The lowest BCUT2D eigenvalue weighted by atomic mass is 9.95. The number of fused-ring (bicyclic) bond motifs is 4. The molecule has 29 heavy (non-hydrogen) atoms. The summed E-state index contributed by atoms with van der Waals surface area (Å²) in [4.78, 5) is 6.63. The fraction of sp³-hybridized carbons (Fsp3) is 0.292. The third kappa shape index (κ3) is 2.76. The van der Waals surface area contributed by atoms with Crippen molar-refractivity contribution in [1.29, 1.82) is 0 Å². The van der Waals surface area contributed by atoms with Crippen molar-refractivity contribution in [3.8, 4) is 28.4 Å². The molecule has 4 heterocycles. The summed E-state index contributed by atoms with van der Waals surface area (Å²) in [6.45, 7) is 0. The smallest absolute Gasteiger partial charge is 0.192 e. The number of hydrogen-bond acceptors (Lipinski definition) is 5. The van der Waals surface area contributed by atoms with Crippen molar-refractivity contribution in [2.24, 2.45) is 0 Å². The minimum absolute atomic E-state index is 0.182. The Morgan fingerprint density at radius 3 is 2.62 bits per heavy atom. The Labute approximate surface area is 170 Å². The fourth-order valence-corrected chi connectivity index (χ4v) is 5.19. The van der Waals surface area contributed by atoms with Crippen molar-refractivity contribution >= 4 is 11.4 Å². The number of nitrogens with zero attached hydrogens (tertiary/aromatic N) is 2. The van der Waals surface area contributed by atoms with Gasteiger partial charge in [-0.15, -0.1) is 0 Å². The first-order valence-electron chi connectivity index (χ1n) is 10.4. The molecule has 2 saturated heterocycles. The highest BCUT2D eigenvalue weighted by Crippen LogP contribution is 2.53. The summed E-state index contributed by atoms with van der Waals surface area (Å²) in [6.07, 6.45) is 8.36. The summed E-state index contributed by atoms with van der Waals surface area (Å²) in [7, 11) is 0. The van der Waals surface area contributed by atoms with Crippen molar-refractivity contribution in [2.45, 2.75) is 43.8 Å². The Morgan fingerprint density at radius 2 is 1.83 bits per heavy atom. The van der Waals surface area contributed by atoms with Crippen LogP contribution in [0.5, 0.6) is 17.2 Å². The van der Waals surface area contributed by atoms with Crippen LogP contribution in [-0.4, -0.2) is 28.2 Å². The highest BCUT2D eigenvalue weighted by Gasteiger charge is 2.39. The molecule has 5 nitrogen and oxygen atoms in total. The number of hydrogen-bond donors (Lipinski definition) is 2. The number of pyridine rings is 1. The van der Waals surface area contributed by atoms with Crippen LogP contribution in [0.4, 0.5) is 11.4 Å². The van der Waals surface area contributed by atoms with Gasteiger partial charge in [0.25, 0.3) is 0 Å². The van der Waals surface area contributed by atoms with E-state index in [9.17, 15) is 5.11 Å². The fourth-order valence-electron chi connectivity index (χ4n) is 5.19. The minimum atomic E-state index is 0.182. The maximum absolute atomic E-state index is 10.5. The Morgan fingerprint density at radius 1 is 0.966 bits per heavy atom. The van der Waals surface area contributed by atoms with Gasteiger partial charge in [-0.2, -0.15) is 0 Å². The van der Waals surface area contributed by atoms with Gasteiger partial charge in [-0.05, 0) is 61.6 Å². The molecule has 3 aliphatic rings. The molecule has 0 spiro atoms. The van der Waals surface area contributed by atoms with E-state index in [2.05, 4.69) is 39.5 Å². The van der Waals surface area contributed by atoms with Crippen molar-refractivity contribution in [2.75, 3.05) is 4.90 Å². The number of benzene rings is 2. The number of phenolic OH excluding ortho intramolecular Hbond substituents is 1. The van der Waals surface area contributed by atoms with Crippen LogP contribution in [0.2, 0.25) is 0 Å². The molecule has 0 amide bonds. The van der Waals surface area contributed by atoms with E-state index in [1.54, 1.807) is 12.3 Å². The average Bonchev–Trinajstić information content (AvgIpc) is 3.10. The molecule has 146 valence electrons. The molecule has 3 aromatic rings. The minimum Gasteiger partial charge on any atom is -0.504 e. The number of anilines is 2. The molecule has 1 aromatic heterocycles. The van der Waals surface area contributed by atoms with Gasteiger partial charge in [-0.3, -0.25) is 4.98 Å². The largest absolute Gasteiger partial charge is 0.504 e. The second-order valence-corrected chi connectivity index (χ2v) is 8.28. The first-order valence-corrected chi connectivity index (χ1v) is 10.4. The number of rotatable bonds is 2.